The van der Waals surface area contributed by atoms with E-state index in [1.54, 1.807) is 22.9 Å². The third-order valence-corrected chi connectivity index (χ3v) is 2.76. The van der Waals surface area contributed by atoms with Crippen LogP contribution in [0.25, 0.3) is 5.69 Å². The van der Waals surface area contributed by atoms with Gasteiger partial charge in [-0.15, -0.1) is 0 Å². The SMILES string of the molecule is Cc1cc(C)n(-c2cccc(OC(C)C)c2[N+](=O)[O-])n1. The predicted molar refractivity (Wildman–Crippen MR) is 75.5 cm³/mol. The standard InChI is InChI=1S/C14H17N3O3/c1-9(2)20-13-7-5-6-12(14(13)17(18)19)16-11(4)8-10(3)15-16/h5-9H,1-4H3. The molecule has 0 atom stereocenters. The van der Waals surface area contributed by atoms with Gasteiger partial charge in [0.15, 0.2) is 5.75 Å². The number of aromatic nitrogens is 2. The smallest absolute Gasteiger partial charge is 0.336 e. The second-order valence-electron chi connectivity index (χ2n) is 4.89. The van der Waals surface area contributed by atoms with E-state index in [0.717, 1.165) is 11.4 Å². The van der Waals surface area contributed by atoms with Crippen molar-refractivity contribution in [2.75, 3.05) is 0 Å². The van der Waals surface area contributed by atoms with Crippen molar-refractivity contribution in [1.82, 2.24) is 9.78 Å². The van der Waals surface area contributed by atoms with Crippen molar-refractivity contribution in [3.05, 3.63) is 45.8 Å². The second-order valence-corrected chi connectivity index (χ2v) is 4.89. The number of rotatable bonds is 4. The van der Waals surface area contributed by atoms with Crippen molar-refractivity contribution in [2.24, 2.45) is 0 Å². The van der Waals surface area contributed by atoms with Gasteiger partial charge in [0.05, 0.1) is 16.7 Å². The summed E-state index contributed by atoms with van der Waals surface area (Å²) in [5.41, 5.74) is 2.01. The van der Waals surface area contributed by atoms with Crippen molar-refractivity contribution in [3.63, 3.8) is 0 Å². The third kappa shape index (κ3) is 2.64. The molecule has 0 radical (unpaired) electrons. The Hall–Kier alpha value is -2.37. The molecule has 106 valence electrons. The molecule has 0 saturated heterocycles. The monoisotopic (exact) mass is 275 g/mol. The highest BCUT2D eigenvalue weighted by Crippen LogP contribution is 2.34. The summed E-state index contributed by atoms with van der Waals surface area (Å²) in [6.45, 7) is 7.38. The zero-order valence-electron chi connectivity index (χ0n) is 12.0. The zero-order valence-corrected chi connectivity index (χ0v) is 12.0. The number of aryl methyl sites for hydroxylation is 2. The first kappa shape index (κ1) is 14.0. The first-order valence-corrected chi connectivity index (χ1v) is 6.38. The molecule has 20 heavy (non-hydrogen) atoms. The Bertz CT molecular complexity index is 647. The Kier molecular flexibility index (Phi) is 3.74. The van der Waals surface area contributed by atoms with E-state index in [1.165, 1.54) is 0 Å². The van der Waals surface area contributed by atoms with Gasteiger partial charge in [0.25, 0.3) is 0 Å². The molecule has 0 unspecified atom stereocenters. The van der Waals surface area contributed by atoms with Crippen LogP contribution in [0.4, 0.5) is 5.69 Å². The van der Waals surface area contributed by atoms with E-state index >= 15 is 0 Å². The third-order valence-electron chi connectivity index (χ3n) is 2.76. The molecule has 1 aromatic carbocycles. The summed E-state index contributed by atoms with van der Waals surface area (Å²) in [4.78, 5) is 11.0. The van der Waals surface area contributed by atoms with Gasteiger partial charge in [0, 0.05) is 5.69 Å². The highest BCUT2D eigenvalue weighted by atomic mass is 16.6. The molecule has 6 heteroatoms. The Labute approximate surface area is 117 Å². The van der Waals surface area contributed by atoms with E-state index in [0.29, 0.717) is 5.69 Å². The normalized spacial score (nSPS) is 10.8. The molecule has 0 bridgehead atoms. The van der Waals surface area contributed by atoms with Gasteiger partial charge in [-0.05, 0) is 45.9 Å². The van der Waals surface area contributed by atoms with Crippen LogP contribution in [0, 0.1) is 24.0 Å². The largest absolute Gasteiger partial charge is 0.484 e. The summed E-state index contributed by atoms with van der Waals surface area (Å²) in [7, 11) is 0. The minimum atomic E-state index is -0.427. The summed E-state index contributed by atoms with van der Waals surface area (Å²) >= 11 is 0. The molecule has 6 nitrogen and oxygen atoms in total. The lowest BCUT2D eigenvalue weighted by Gasteiger charge is -2.12. The molecule has 0 spiro atoms. The van der Waals surface area contributed by atoms with Crippen LogP contribution < -0.4 is 4.74 Å². The number of nitro benzene ring substituents is 1. The number of ether oxygens (including phenoxy) is 1. The topological polar surface area (TPSA) is 70.2 Å². The molecular weight excluding hydrogens is 258 g/mol. The fraction of sp³-hybridized carbons (Fsp3) is 0.357. The molecule has 1 aromatic heterocycles. The average Bonchev–Trinajstić information content (AvgIpc) is 2.67. The van der Waals surface area contributed by atoms with E-state index in [-0.39, 0.29) is 17.5 Å². The summed E-state index contributed by atoms with van der Waals surface area (Å²) in [5.74, 6) is 0.259. The highest BCUT2D eigenvalue weighted by molar-refractivity contribution is 5.61. The molecular formula is C14H17N3O3. The van der Waals surface area contributed by atoms with Crippen LogP contribution in [0.5, 0.6) is 5.75 Å². The lowest BCUT2D eigenvalue weighted by molar-refractivity contribution is -0.385. The zero-order chi connectivity index (χ0) is 14.9. The van der Waals surface area contributed by atoms with E-state index < -0.39 is 4.92 Å². The second kappa shape index (κ2) is 5.32. The van der Waals surface area contributed by atoms with Gasteiger partial charge in [-0.3, -0.25) is 10.1 Å². The number of nitrogens with zero attached hydrogens (tertiary/aromatic N) is 3. The average molecular weight is 275 g/mol. The van der Waals surface area contributed by atoms with Crippen molar-refractivity contribution in [2.45, 2.75) is 33.8 Å². The van der Waals surface area contributed by atoms with Crippen LogP contribution in [-0.4, -0.2) is 20.8 Å². The van der Waals surface area contributed by atoms with Crippen LogP contribution >= 0.6 is 0 Å². The van der Waals surface area contributed by atoms with Crippen molar-refractivity contribution < 1.29 is 9.66 Å². The van der Waals surface area contributed by atoms with Crippen LogP contribution in [0.1, 0.15) is 25.2 Å². The van der Waals surface area contributed by atoms with Gasteiger partial charge in [-0.2, -0.15) is 5.10 Å². The maximum Gasteiger partial charge on any atom is 0.336 e. The first-order valence-electron chi connectivity index (χ1n) is 6.38. The molecule has 0 fully saturated rings. The van der Waals surface area contributed by atoms with Crippen LogP contribution in [0.2, 0.25) is 0 Å². The fourth-order valence-electron chi connectivity index (χ4n) is 2.09. The Morgan fingerprint density at radius 1 is 1.35 bits per heavy atom. The molecule has 0 aliphatic carbocycles. The van der Waals surface area contributed by atoms with Crippen LogP contribution in [0.3, 0.4) is 0 Å². The Morgan fingerprint density at radius 3 is 2.55 bits per heavy atom. The van der Waals surface area contributed by atoms with E-state index in [4.69, 9.17) is 4.74 Å². The highest BCUT2D eigenvalue weighted by Gasteiger charge is 2.24. The molecule has 0 amide bonds. The quantitative estimate of drug-likeness (QED) is 0.634. The van der Waals surface area contributed by atoms with E-state index in [2.05, 4.69) is 5.10 Å². The van der Waals surface area contributed by atoms with Gasteiger partial charge in [-0.25, -0.2) is 4.68 Å². The fourth-order valence-corrected chi connectivity index (χ4v) is 2.09. The number of nitro groups is 1. The summed E-state index contributed by atoms with van der Waals surface area (Å²) < 4.78 is 7.10. The van der Waals surface area contributed by atoms with Crippen LogP contribution in [-0.2, 0) is 0 Å². The minimum Gasteiger partial charge on any atom is -0.484 e. The Morgan fingerprint density at radius 2 is 2.05 bits per heavy atom. The summed E-state index contributed by atoms with van der Waals surface area (Å²) in [6.07, 6.45) is -0.135. The van der Waals surface area contributed by atoms with Crippen molar-refractivity contribution in [1.29, 1.82) is 0 Å². The minimum absolute atomic E-state index is 0.0626. The first-order chi connectivity index (χ1) is 9.40. The van der Waals surface area contributed by atoms with Gasteiger partial charge in [0.1, 0.15) is 5.69 Å². The lowest BCUT2D eigenvalue weighted by Crippen LogP contribution is -2.10. The molecule has 2 rings (SSSR count). The Balaban J connectivity index is 2.64. The number of para-hydroxylation sites is 1. The van der Waals surface area contributed by atoms with E-state index in [1.807, 2.05) is 33.8 Å². The van der Waals surface area contributed by atoms with Crippen molar-refractivity contribution >= 4 is 5.69 Å². The molecule has 0 N–H and O–H groups in total. The summed E-state index contributed by atoms with van der Waals surface area (Å²) in [6, 6.07) is 6.88. The number of hydrogen-bond donors (Lipinski definition) is 0. The molecule has 0 saturated carbocycles. The molecule has 0 aliphatic rings. The van der Waals surface area contributed by atoms with Gasteiger partial charge < -0.3 is 4.74 Å². The van der Waals surface area contributed by atoms with Gasteiger partial charge >= 0.3 is 5.69 Å². The van der Waals surface area contributed by atoms with Gasteiger partial charge in [-0.1, -0.05) is 6.07 Å². The van der Waals surface area contributed by atoms with Gasteiger partial charge in [0.2, 0.25) is 0 Å². The molecule has 0 aliphatic heterocycles. The predicted octanol–water partition coefficient (Wildman–Crippen LogP) is 3.18. The molecule has 1 heterocycles. The number of benzene rings is 1. The molecule has 2 aromatic rings. The number of hydrogen-bond acceptors (Lipinski definition) is 4. The summed E-state index contributed by atoms with van der Waals surface area (Å²) in [5, 5.41) is 15.7. The maximum atomic E-state index is 11.4. The van der Waals surface area contributed by atoms with Crippen molar-refractivity contribution in [3.8, 4) is 11.4 Å². The lowest BCUT2D eigenvalue weighted by atomic mass is 10.2. The maximum absolute atomic E-state index is 11.4. The van der Waals surface area contributed by atoms with E-state index in [9.17, 15) is 10.1 Å². The van der Waals surface area contributed by atoms with Crippen LogP contribution in [0.15, 0.2) is 24.3 Å².